The highest BCUT2D eigenvalue weighted by molar-refractivity contribution is 6.10. The molecule has 0 spiro atoms. The fourth-order valence-electron chi connectivity index (χ4n) is 1.70. The molecule has 0 amide bonds. The molecule has 0 aliphatic heterocycles. The molecule has 0 saturated carbocycles. The molecule has 0 fully saturated rings. The topological polar surface area (TPSA) is 43.4 Å². The van der Waals surface area contributed by atoms with Gasteiger partial charge in [-0.25, -0.2) is 0 Å². The summed E-state index contributed by atoms with van der Waals surface area (Å²) in [6.45, 7) is 1.98. The van der Waals surface area contributed by atoms with Crippen molar-refractivity contribution in [1.82, 2.24) is 0 Å². The van der Waals surface area contributed by atoms with E-state index >= 15 is 0 Å². The minimum atomic E-state index is -1.13. The summed E-state index contributed by atoms with van der Waals surface area (Å²) in [5.41, 5.74) is -1.13. The number of ether oxygens (including phenoxy) is 1. The van der Waals surface area contributed by atoms with Gasteiger partial charge in [0.05, 0.1) is 6.61 Å². The average molecular weight is 206 g/mol. The Hall–Kier alpha value is -1.56. The average Bonchev–Trinajstić information content (AvgIpc) is 2.22. The number of hydrogen-bond donors (Lipinski definition) is 0. The summed E-state index contributed by atoms with van der Waals surface area (Å²) < 4.78 is 4.92. The van der Waals surface area contributed by atoms with E-state index in [2.05, 4.69) is 5.92 Å². The zero-order valence-electron chi connectivity index (χ0n) is 8.79. The molecule has 0 radical (unpaired) electrons. The maximum atomic E-state index is 11.7. The van der Waals surface area contributed by atoms with Gasteiger partial charge >= 0.3 is 5.97 Å². The van der Waals surface area contributed by atoms with E-state index in [1.165, 1.54) is 6.08 Å². The first-order valence-corrected chi connectivity index (χ1v) is 4.99. The van der Waals surface area contributed by atoms with Crippen molar-refractivity contribution >= 4 is 11.8 Å². The molecule has 0 bridgehead atoms. The van der Waals surface area contributed by atoms with E-state index in [0.29, 0.717) is 12.8 Å². The Morgan fingerprint density at radius 1 is 1.73 bits per heavy atom. The van der Waals surface area contributed by atoms with E-state index in [4.69, 9.17) is 11.2 Å². The molecule has 15 heavy (non-hydrogen) atoms. The molecule has 3 heteroatoms. The van der Waals surface area contributed by atoms with E-state index in [1.54, 1.807) is 13.0 Å². The molecule has 0 N–H and O–H groups in total. The van der Waals surface area contributed by atoms with Crippen molar-refractivity contribution in [3.63, 3.8) is 0 Å². The molecule has 80 valence electrons. The first-order chi connectivity index (χ1) is 7.17. The molecule has 0 aromatic carbocycles. The normalized spacial score (nSPS) is 24.7. The molecule has 3 nitrogen and oxygen atoms in total. The van der Waals surface area contributed by atoms with Gasteiger partial charge in [-0.1, -0.05) is 6.08 Å². The van der Waals surface area contributed by atoms with Gasteiger partial charge in [-0.05, 0) is 25.8 Å². The van der Waals surface area contributed by atoms with Crippen LogP contribution in [0.25, 0.3) is 0 Å². The molecule has 1 aliphatic carbocycles. The Kier molecular flexibility index (Phi) is 3.68. The lowest BCUT2D eigenvalue weighted by Crippen LogP contribution is -2.41. The Bertz CT molecular complexity index is 335. The predicted octanol–water partition coefficient (Wildman–Crippen LogP) is 1.48. The van der Waals surface area contributed by atoms with Crippen LogP contribution in [0.4, 0.5) is 0 Å². The number of esters is 1. The number of allylic oxidation sites excluding steroid dienone is 2. The largest absolute Gasteiger partial charge is 0.465 e. The fraction of sp³-hybridized carbons (Fsp3) is 0.500. The highest BCUT2D eigenvalue weighted by atomic mass is 16.5. The number of ketones is 1. The first kappa shape index (κ1) is 11.5. The minimum absolute atomic E-state index is 0.120. The van der Waals surface area contributed by atoms with Crippen LogP contribution in [0.1, 0.15) is 26.2 Å². The van der Waals surface area contributed by atoms with Crippen LogP contribution in [0.2, 0.25) is 0 Å². The third-order valence-electron chi connectivity index (χ3n) is 2.55. The van der Waals surface area contributed by atoms with Gasteiger partial charge in [0.1, 0.15) is 5.41 Å². The summed E-state index contributed by atoms with van der Waals surface area (Å²) in [6, 6.07) is 0. The van der Waals surface area contributed by atoms with Gasteiger partial charge < -0.3 is 4.74 Å². The van der Waals surface area contributed by atoms with E-state index in [9.17, 15) is 9.59 Å². The molecule has 0 aromatic heterocycles. The Morgan fingerprint density at radius 2 is 2.47 bits per heavy atom. The van der Waals surface area contributed by atoms with Crippen LogP contribution in [-0.2, 0) is 14.3 Å². The number of carbonyl (C=O) groups excluding carboxylic acids is 2. The SMILES string of the molecule is C#CCC1(C(=O)OCC)CCC=CC1=O. The molecular weight excluding hydrogens is 192 g/mol. The predicted molar refractivity (Wildman–Crippen MR) is 55.9 cm³/mol. The summed E-state index contributed by atoms with van der Waals surface area (Å²) >= 11 is 0. The highest BCUT2D eigenvalue weighted by Gasteiger charge is 2.45. The molecule has 1 aliphatic rings. The van der Waals surface area contributed by atoms with Gasteiger partial charge in [-0.3, -0.25) is 9.59 Å². The molecule has 0 saturated heterocycles. The van der Waals surface area contributed by atoms with Crippen molar-refractivity contribution in [1.29, 1.82) is 0 Å². The molecular formula is C12H14O3. The van der Waals surface area contributed by atoms with Gasteiger partial charge in [0.2, 0.25) is 0 Å². The second-order valence-corrected chi connectivity index (χ2v) is 3.49. The number of carbonyl (C=O) groups is 2. The molecule has 0 heterocycles. The van der Waals surface area contributed by atoms with Crippen LogP contribution in [0.5, 0.6) is 0 Å². The van der Waals surface area contributed by atoms with Crippen LogP contribution in [0.3, 0.4) is 0 Å². The lowest BCUT2D eigenvalue weighted by molar-refractivity contribution is -0.159. The smallest absolute Gasteiger partial charge is 0.320 e. The van der Waals surface area contributed by atoms with Crippen LogP contribution >= 0.6 is 0 Å². The maximum Gasteiger partial charge on any atom is 0.320 e. The van der Waals surface area contributed by atoms with Crippen molar-refractivity contribution in [2.45, 2.75) is 26.2 Å². The third-order valence-corrected chi connectivity index (χ3v) is 2.55. The van der Waals surface area contributed by atoms with Crippen molar-refractivity contribution in [2.75, 3.05) is 6.61 Å². The van der Waals surface area contributed by atoms with Crippen molar-refractivity contribution in [3.8, 4) is 12.3 Å². The van der Waals surface area contributed by atoms with Gasteiger partial charge in [0, 0.05) is 6.42 Å². The quantitative estimate of drug-likeness (QED) is 0.399. The third kappa shape index (κ3) is 2.10. The summed E-state index contributed by atoms with van der Waals surface area (Å²) in [4.78, 5) is 23.5. The number of rotatable bonds is 3. The van der Waals surface area contributed by atoms with Gasteiger partial charge in [-0.2, -0.15) is 0 Å². The summed E-state index contributed by atoms with van der Waals surface area (Å²) in [6.07, 6.45) is 9.65. The second kappa shape index (κ2) is 4.79. The number of terminal acetylenes is 1. The molecule has 1 atom stereocenters. The Labute approximate surface area is 89.5 Å². The van der Waals surface area contributed by atoms with Crippen molar-refractivity contribution in [2.24, 2.45) is 5.41 Å². The zero-order valence-corrected chi connectivity index (χ0v) is 8.79. The maximum absolute atomic E-state index is 11.7. The van der Waals surface area contributed by atoms with Gasteiger partial charge in [-0.15, -0.1) is 12.3 Å². The van der Waals surface area contributed by atoms with Crippen molar-refractivity contribution in [3.05, 3.63) is 12.2 Å². The molecule has 0 aromatic rings. The standard InChI is InChI=1S/C12H14O3/c1-3-8-12(11(14)15-4-2)9-6-5-7-10(12)13/h1,5,7H,4,6,8-9H2,2H3. The lowest BCUT2D eigenvalue weighted by Gasteiger charge is -2.28. The minimum Gasteiger partial charge on any atom is -0.465 e. The summed E-state index contributed by atoms with van der Waals surface area (Å²) in [5.74, 6) is 1.67. The van der Waals surface area contributed by atoms with Crippen LogP contribution < -0.4 is 0 Å². The highest BCUT2D eigenvalue weighted by Crippen LogP contribution is 2.34. The van der Waals surface area contributed by atoms with Gasteiger partial charge in [0.25, 0.3) is 0 Å². The second-order valence-electron chi connectivity index (χ2n) is 3.49. The summed E-state index contributed by atoms with van der Waals surface area (Å²) in [5, 5.41) is 0. The molecule has 1 rings (SSSR count). The van der Waals surface area contributed by atoms with Crippen LogP contribution in [-0.4, -0.2) is 18.4 Å². The van der Waals surface area contributed by atoms with Crippen LogP contribution in [0, 0.1) is 17.8 Å². The molecule has 1 unspecified atom stereocenters. The van der Waals surface area contributed by atoms with Gasteiger partial charge in [0.15, 0.2) is 5.78 Å². The van der Waals surface area contributed by atoms with E-state index in [0.717, 1.165) is 0 Å². The monoisotopic (exact) mass is 206 g/mol. The lowest BCUT2D eigenvalue weighted by atomic mass is 9.73. The zero-order chi connectivity index (χ0) is 11.3. The summed E-state index contributed by atoms with van der Waals surface area (Å²) in [7, 11) is 0. The van der Waals surface area contributed by atoms with E-state index in [-0.39, 0.29) is 18.8 Å². The van der Waals surface area contributed by atoms with Crippen molar-refractivity contribution < 1.29 is 14.3 Å². The first-order valence-electron chi connectivity index (χ1n) is 4.99. The van der Waals surface area contributed by atoms with E-state index < -0.39 is 11.4 Å². The van der Waals surface area contributed by atoms with Crippen LogP contribution in [0.15, 0.2) is 12.2 Å². The number of hydrogen-bond acceptors (Lipinski definition) is 3. The Morgan fingerprint density at radius 3 is 3.00 bits per heavy atom. The van der Waals surface area contributed by atoms with E-state index in [1.807, 2.05) is 0 Å². The Balaban J connectivity index is 2.98. The fourth-order valence-corrected chi connectivity index (χ4v) is 1.70.